The number of aromatic hydroxyl groups is 1. The molecule has 0 aromatic heterocycles. The van der Waals surface area contributed by atoms with Crippen molar-refractivity contribution in [3.8, 4) is 11.5 Å². The Bertz CT molecular complexity index is 380. The van der Waals surface area contributed by atoms with Gasteiger partial charge in [0, 0.05) is 0 Å². The lowest BCUT2D eigenvalue weighted by Gasteiger charge is -2.33. The SMILES string of the molecule is CCc1cc(O)c2c(c1)CCC(C)(C)O2. The molecule has 1 aromatic carbocycles. The second kappa shape index (κ2) is 3.44. The fraction of sp³-hybridized carbons (Fsp3) is 0.538. The van der Waals surface area contributed by atoms with Crippen LogP contribution in [0.3, 0.4) is 0 Å². The van der Waals surface area contributed by atoms with Crippen LogP contribution in [0.4, 0.5) is 0 Å². The molecule has 0 atom stereocenters. The summed E-state index contributed by atoms with van der Waals surface area (Å²) < 4.78 is 5.80. The van der Waals surface area contributed by atoms with E-state index >= 15 is 0 Å². The highest BCUT2D eigenvalue weighted by Gasteiger charge is 2.28. The molecule has 2 rings (SSSR count). The Morgan fingerprint density at radius 1 is 1.40 bits per heavy atom. The first kappa shape index (κ1) is 10.3. The highest BCUT2D eigenvalue weighted by molar-refractivity contribution is 5.50. The van der Waals surface area contributed by atoms with Crippen LogP contribution in [0.15, 0.2) is 12.1 Å². The number of fused-ring (bicyclic) bond motifs is 1. The van der Waals surface area contributed by atoms with Gasteiger partial charge in [-0.15, -0.1) is 0 Å². The van der Waals surface area contributed by atoms with Crippen LogP contribution < -0.4 is 4.74 Å². The van der Waals surface area contributed by atoms with E-state index in [1.165, 1.54) is 5.56 Å². The molecule has 0 radical (unpaired) electrons. The molecule has 0 saturated carbocycles. The quantitative estimate of drug-likeness (QED) is 0.765. The van der Waals surface area contributed by atoms with Crippen molar-refractivity contribution in [2.45, 2.75) is 45.6 Å². The molecule has 1 aliphatic heterocycles. The standard InChI is InChI=1S/C13H18O2/c1-4-9-7-10-5-6-13(2,3)15-12(10)11(14)8-9/h7-8,14H,4-6H2,1-3H3. The van der Waals surface area contributed by atoms with Gasteiger partial charge in [0.25, 0.3) is 0 Å². The van der Waals surface area contributed by atoms with Crippen molar-refractivity contribution in [2.75, 3.05) is 0 Å². The van der Waals surface area contributed by atoms with Crippen molar-refractivity contribution >= 4 is 0 Å². The maximum absolute atomic E-state index is 9.88. The molecule has 1 N–H and O–H groups in total. The van der Waals surface area contributed by atoms with Crippen LogP contribution in [0.5, 0.6) is 11.5 Å². The molecule has 1 aliphatic rings. The lowest BCUT2D eigenvalue weighted by molar-refractivity contribution is 0.0805. The van der Waals surface area contributed by atoms with E-state index in [1.807, 2.05) is 0 Å². The zero-order valence-corrected chi connectivity index (χ0v) is 9.63. The Balaban J connectivity index is 2.44. The average Bonchev–Trinajstić information content (AvgIpc) is 2.18. The predicted molar refractivity (Wildman–Crippen MR) is 60.5 cm³/mol. The summed E-state index contributed by atoms with van der Waals surface area (Å²) in [4.78, 5) is 0. The number of benzene rings is 1. The maximum atomic E-state index is 9.88. The van der Waals surface area contributed by atoms with E-state index in [0.717, 1.165) is 24.8 Å². The van der Waals surface area contributed by atoms with Gasteiger partial charge in [0.1, 0.15) is 5.60 Å². The number of ether oxygens (including phenoxy) is 1. The molecular formula is C13H18O2. The molecule has 2 nitrogen and oxygen atoms in total. The fourth-order valence-corrected chi connectivity index (χ4v) is 2.01. The van der Waals surface area contributed by atoms with E-state index in [4.69, 9.17) is 4.74 Å². The third kappa shape index (κ3) is 1.94. The van der Waals surface area contributed by atoms with Crippen LogP contribution in [0.25, 0.3) is 0 Å². The van der Waals surface area contributed by atoms with Gasteiger partial charge in [-0.2, -0.15) is 0 Å². The van der Waals surface area contributed by atoms with Gasteiger partial charge in [-0.25, -0.2) is 0 Å². The number of phenolic OH excluding ortho intramolecular Hbond substituents is 1. The molecule has 0 unspecified atom stereocenters. The van der Waals surface area contributed by atoms with E-state index < -0.39 is 0 Å². The number of aryl methyl sites for hydroxylation is 2. The van der Waals surface area contributed by atoms with Gasteiger partial charge >= 0.3 is 0 Å². The first-order valence-electron chi connectivity index (χ1n) is 5.55. The molecule has 0 fully saturated rings. The van der Waals surface area contributed by atoms with Crippen LogP contribution >= 0.6 is 0 Å². The summed E-state index contributed by atoms with van der Waals surface area (Å²) in [5.74, 6) is 0.973. The minimum Gasteiger partial charge on any atom is -0.504 e. The van der Waals surface area contributed by atoms with E-state index in [-0.39, 0.29) is 11.4 Å². The van der Waals surface area contributed by atoms with E-state index in [0.29, 0.717) is 5.75 Å². The minimum atomic E-state index is -0.155. The zero-order valence-electron chi connectivity index (χ0n) is 9.63. The summed E-state index contributed by atoms with van der Waals surface area (Å²) in [7, 11) is 0. The highest BCUT2D eigenvalue weighted by atomic mass is 16.5. The van der Waals surface area contributed by atoms with Crippen LogP contribution in [-0.4, -0.2) is 10.7 Å². The Labute approximate surface area is 90.9 Å². The molecule has 82 valence electrons. The summed E-state index contributed by atoms with van der Waals surface area (Å²) >= 11 is 0. The fourth-order valence-electron chi connectivity index (χ4n) is 2.01. The summed E-state index contributed by atoms with van der Waals surface area (Å²) in [6.07, 6.45) is 2.95. The molecule has 0 spiro atoms. The zero-order chi connectivity index (χ0) is 11.1. The summed E-state index contributed by atoms with van der Waals surface area (Å²) in [5, 5.41) is 9.88. The molecule has 0 aliphatic carbocycles. The smallest absolute Gasteiger partial charge is 0.164 e. The molecule has 15 heavy (non-hydrogen) atoms. The van der Waals surface area contributed by atoms with Crippen molar-refractivity contribution in [1.29, 1.82) is 0 Å². The van der Waals surface area contributed by atoms with Gasteiger partial charge in [0.05, 0.1) is 0 Å². The Morgan fingerprint density at radius 3 is 2.80 bits per heavy atom. The number of hydrogen-bond donors (Lipinski definition) is 1. The van der Waals surface area contributed by atoms with E-state index in [9.17, 15) is 5.11 Å². The predicted octanol–water partition coefficient (Wildman–Crippen LogP) is 3.06. The first-order valence-corrected chi connectivity index (χ1v) is 5.55. The van der Waals surface area contributed by atoms with Crippen LogP contribution in [0, 0.1) is 0 Å². The molecule has 0 saturated heterocycles. The molecule has 1 heterocycles. The molecular weight excluding hydrogens is 188 g/mol. The normalized spacial score (nSPS) is 18.1. The number of phenols is 1. The topological polar surface area (TPSA) is 29.5 Å². The second-order valence-corrected chi connectivity index (χ2v) is 4.82. The van der Waals surface area contributed by atoms with Gasteiger partial charge in [-0.3, -0.25) is 0 Å². The third-order valence-corrected chi connectivity index (χ3v) is 2.99. The summed E-state index contributed by atoms with van der Waals surface area (Å²) in [6.45, 7) is 6.21. The largest absolute Gasteiger partial charge is 0.504 e. The maximum Gasteiger partial charge on any atom is 0.164 e. The number of hydrogen-bond acceptors (Lipinski definition) is 2. The van der Waals surface area contributed by atoms with Crippen molar-refractivity contribution in [2.24, 2.45) is 0 Å². The third-order valence-electron chi connectivity index (χ3n) is 2.99. The van der Waals surface area contributed by atoms with E-state index in [2.05, 4.69) is 26.8 Å². The van der Waals surface area contributed by atoms with Crippen LogP contribution in [-0.2, 0) is 12.8 Å². The van der Waals surface area contributed by atoms with E-state index in [1.54, 1.807) is 6.07 Å². The van der Waals surface area contributed by atoms with Crippen LogP contribution in [0.2, 0.25) is 0 Å². The average molecular weight is 206 g/mol. The van der Waals surface area contributed by atoms with Gasteiger partial charge in [-0.1, -0.05) is 13.0 Å². The lowest BCUT2D eigenvalue weighted by atomic mass is 9.92. The Hall–Kier alpha value is -1.18. The highest BCUT2D eigenvalue weighted by Crippen LogP contribution is 2.40. The Kier molecular flexibility index (Phi) is 2.37. The molecule has 2 heteroatoms. The van der Waals surface area contributed by atoms with Gasteiger partial charge in [0.2, 0.25) is 0 Å². The minimum absolute atomic E-state index is 0.155. The first-order chi connectivity index (χ1) is 7.02. The van der Waals surface area contributed by atoms with Crippen molar-refractivity contribution in [3.63, 3.8) is 0 Å². The Morgan fingerprint density at radius 2 is 2.13 bits per heavy atom. The van der Waals surface area contributed by atoms with Gasteiger partial charge in [-0.05, 0) is 50.3 Å². The van der Waals surface area contributed by atoms with Crippen LogP contribution in [0.1, 0.15) is 38.3 Å². The monoisotopic (exact) mass is 206 g/mol. The van der Waals surface area contributed by atoms with Gasteiger partial charge in [0.15, 0.2) is 11.5 Å². The molecule has 0 amide bonds. The number of rotatable bonds is 1. The molecule has 1 aromatic rings. The second-order valence-electron chi connectivity index (χ2n) is 4.82. The lowest BCUT2D eigenvalue weighted by Crippen LogP contribution is -2.32. The van der Waals surface area contributed by atoms with Crippen molar-refractivity contribution in [3.05, 3.63) is 23.3 Å². The van der Waals surface area contributed by atoms with Crippen molar-refractivity contribution < 1.29 is 9.84 Å². The summed E-state index contributed by atoms with van der Waals surface area (Å²) in [5.41, 5.74) is 2.17. The van der Waals surface area contributed by atoms with Crippen molar-refractivity contribution in [1.82, 2.24) is 0 Å². The molecule has 0 bridgehead atoms. The summed E-state index contributed by atoms with van der Waals surface area (Å²) in [6, 6.07) is 3.95. The van der Waals surface area contributed by atoms with Gasteiger partial charge < -0.3 is 9.84 Å².